The zero-order chi connectivity index (χ0) is 49.0. The van der Waals surface area contributed by atoms with Gasteiger partial charge in [-0.1, -0.05) is 117 Å². The number of aldehydes is 3. The molecule has 0 aliphatic heterocycles. The average molecular weight is 1040 g/mol. The maximum Gasteiger partial charge on any atom is 0.488 e. The first-order valence-electron chi connectivity index (χ1n) is 21.3. The van der Waals surface area contributed by atoms with E-state index in [4.69, 9.17) is 10.0 Å². The zero-order valence-corrected chi connectivity index (χ0v) is 41.1. The van der Waals surface area contributed by atoms with Crippen LogP contribution in [-0.4, -0.2) is 74.2 Å². The predicted molar refractivity (Wildman–Crippen MR) is 282 cm³/mol. The smallest absolute Gasteiger partial charge is 0.423 e. The number of carbonyl (C=O) groups excluding carboxylic acids is 3. The van der Waals surface area contributed by atoms with E-state index in [0.717, 1.165) is 87.9 Å². The molecule has 16 heteroatoms. The third-order valence-corrected chi connectivity index (χ3v) is 11.9. The summed E-state index contributed by atoms with van der Waals surface area (Å²) in [5.41, 5.74) is 15.3. The second kappa shape index (κ2) is 22.9. The predicted octanol–water partition coefficient (Wildman–Crippen LogP) is 9.96. The van der Waals surface area contributed by atoms with Gasteiger partial charge in [-0.25, -0.2) is 19.9 Å². The molecule has 0 spiro atoms. The quantitative estimate of drug-likeness (QED) is 0.122. The molecule has 0 radical (unpaired) electrons. The summed E-state index contributed by atoms with van der Waals surface area (Å²) in [5.74, 6) is 0. The van der Waals surface area contributed by atoms with Crippen LogP contribution in [-0.2, 0) is 28.2 Å². The van der Waals surface area contributed by atoms with Crippen LogP contribution in [0.3, 0.4) is 0 Å². The molecule has 0 amide bonds. The number of imidazole rings is 4. The van der Waals surface area contributed by atoms with Gasteiger partial charge in [-0.15, -0.1) is 0 Å². The highest BCUT2D eigenvalue weighted by Gasteiger charge is 2.09. The molecule has 0 saturated carbocycles. The normalized spacial score (nSPS) is 10.5. The molecule has 11 aromatic rings. The minimum absolute atomic E-state index is 0.385. The van der Waals surface area contributed by atoms with Gasteiger partial charge in [0.05, 0.1) is 69.4 Å². The van der Waals surface area contributed by atoms with Crippen molar-refractivity contribution >= 4 is 107 Å². The van der Waals surface area contributed by atoms with Gasteiger partial charge in [0.2, 0.25) is 0 Å². The highest BCUT2D eigenvalue weighted by atomic mass is 79.9. The Hall–Kier alpha value is -7.63. The third-order valence-electron chi connectivity index (χ3n) is 11.0. The lowest BCUT2D eigenvalue weighted by Gasteiger charge is -2.03. The molecule has 69 heavy (non-hydrogen) atoms. The topological polar surface area (TPSA) is 163 Å². The number of hydrogen-bond donors (Lipinski definition) is 2. The molecule has 11 rings (SSSR count). The van der Waals surface area contributed by atoms with Gasteiger partial charge in [0.15, 0.2) is 0 Å². The Kier molecular flexibility index (Phi) is 16.4. The summed E-state index contributed by atoms with van der Waals surface area (Å²) in [7, 11) is 6.48. The molecule has 0 fully saturated rings. The van der Waals surface area contributed by atoms with Gasteiger partial charge >= 0.3 is 7.12 Å². The summed E-state index contributed by atoms with van der Waals surface area (Å²) in [6.45, 7) is 0. The molecule has 0 saturated heterocycles. The Bertz CT molecular complexity index is 3510. The first-order valence-corrected chi connectivity index (χ1v) is 22.9. The largest absolute Gasteiger partial charge is 0.488 e. The van der Waals surface area contributed by atoms with Crippen molar-refractivity contribution in [2.75, 3.05) is 0 Å². The van der Waals surface area contributed by atoms with Crippen LogP contribution in [0, 0.1) is 0 Å². The standard InChI is InChI=1S/2C15H12N2O.2C8H7BrN2.C7H7BO3/c1-17-10-16-14-8-13(6-7-15(14)17)12-4-2-11(9-18)3-5-12;1-17-10-16-14-7-6-13(8-15(14)17)12-4-2-11(9-18)3-5-12;1-11-5-10-7-4-6(9)2-3-8(7)11;1-11-5-10-7-3-2-6(9)4-8(7)11;9-5-6-1-3-7(4-2-6)8(10)11/h2*2-10H,1H3;2*2-5H,1H3;1-5,10-11H. The molecular formula is C53H45BBr2N8O5. The minimum atomic E-state index is -1.46. The first kappa shape index (κ1) is 49.3. The second-order valence-corrected chi connectivity index (χ2v) is 17.6. The van der Waals surface area contributed by atoms with Crippen molar-refractivity contribution < 1.29 is 24.4 Å². The molecule has 0 aliphatic carbocycles. The van der Waals surface area contributed by atoms with Crippen molar-refractivity contribution in [3.05, 3.63) is 197 Å². The summed E-state index contributed by atoms with van der Waals surface area (Å²) in [4.78, 5) is 48.5. The Labute approximate surface area is 414 Å². The van der Waals surface area contributed by atoms with Crippen molar-refractivity contribution in [1.29, 1.82) is 0 Å². The van der Waals surface area contributed by atoms with Gasteiger partial charge in [-0.3, -0.25) is 14.4 Å². The summed E-state index contributed by atoms with van der Waals surface area (Å²) < 4.78 is 10.2. The van der Waals surface area contributed by atoms with Crippen LogP contribution in [0.15, 0.2) is 180 Å². The molecular weight excluding hydrogens is 999 g/mol. The molecule has 0 bridgehead atoms. The van der Waals surface area contributed by atoms with Crippen molar-refractivity contribution in [3.8, 4) is 22.3 Å². The van der Waals surface area contributed by atoms with E-state index in [1.165, 1.54) is 24.3 Å². The van der Waals surface area contributed by atoms with Crippen LogP contribution < -0.4 is 5.46 Å². The maximum absolute atomic E-state index is 10.6. The summed E-state index contributed by atoms with van der Waals surface area (Å²) in [6.07, 6.45) is 9.66. The molecule has 0 unspecified atom stereocenters. The van der Waals surface area contributed by atoms with E-state index in [0.29, 0.717) is 28.4 Å². The van der Waals surface area contributed by atoms with Gasteiger partial charge in [-0.2, -0.15) is 0 Å². The monoisotopic (exact) mass is 1040 g/mol. The average Bonchev–Trinajstić information content (AvgIpc) is 4.16. The van der Waals surface area contributed by atoms with E-state index in [9.17, 15) is 14.4 Å². The number of benzene rings is 7. The molecule has 0 atom stereocenters. The Morgan fingerprint density at radius 1 is 0.391 bits per heavy atom. The Morgan fingerprint density at radius 3 is 1.23 bits per heavy atom. The number of rotatable bonds is 6. The lowest BCUT2D eigenvalue weighted by atomic mass is 9.80. The van der Waals surface area contributed by atoms with Crippen LogP contribution in [0.25, 0.3) is 66.4 Å². The molecule has 4 heterocycles. The number of carbonyl (C=O) groups is 3. The Balaban J connectivity index is 0.000000130. The number of fused-ring (bicyclic) bond motifs is 4. The third kappa shape index (κ3) is 12.5. The van der Waals surface area contributed by atoms with E-state index in [-0.39, 0.29) is 0 Å². The summed E-state index contributed by atoms with van der Waals surface area (Å²) in [5, 5.41) is 17.3. The van der Waals surface area contributed by atoms with Crippen molar-refractivity contribution in [1.82, 2.24) is 38.2 Å². The highest BCUT2D eigenvalue weighted by molar-refractivity contribution is 9.10. The van der Waals surface area contributed by atoms with Gasteiger partial charge < -0.3 is 28.3 Å². The fourth-order valence-corrected chi connectivity index (χ4v) is 7.78. The molecule has 0 aliphatic rings. The van der Waals surface area contributed by atoms with Crippen molar-refractivity contribution in [2.45, 2.75) is 0 Å². The van der Waals surface area contributed by atoms with Gasteiger partial charge in [0, 0.05) is 53.8 Å². The number of hydrogen-bond acceptors (Lipinski definition) is 9. The molecule has 13 nitrogen and oxygen atoms in total. The van der Waals surface area contributed by atoms with Crippen molar-refractivity contribution in [3.63, 3.8) is 0 Å². The summed E-state index contributed by atoms with van der Waals surface area (Å²) in [6, 6.07) is 45.7. The van der Waals surface area contributed by atoms with E-state index >= 15 is 0 Å². The Morgan fingerprint density at radius 2 is 0.739 bits per heavy atom. The maximum atomic E-state index is 10.6. The minimum Gasteiger partial charge on any atom is -0.423 e. The van der Waals surface area contributed by atoms with Crippen LogP contribution >= 0.6 is 31.9 Å². The fraction of sp³-hybridized carbons (Fsp3) is 0.0755. The van der Waals surface area contributed by atoms with Crippen LogP contribution in [0.1, 0.15) is 31.1 Å². The highest BCUT2D eigenvalue weighted by Crippen LogP contribution is 2.25. The van der Waals surface area contributed by atoms with E-state index in [1.807, 2.05) is 163 Å². The van der Waals surface area contributed by atoms with E-state index < -0.39 is 7.12 Å². The molecule has 7 aromatic carbocycles. The van der Waals surface area contributed by atoms with Crippen LogP contribution in [0.5, 0.6) is 0 Å². The molecule has 344 valence electrons. The van der Waals surface area contributed by atoms with Crippen molar-refractivity contribution in [2.24, 2.45) is 28.2 Å². The number of aryl methyl sites for hydroxylation is 4. The van der Waals surface area contributed by atoms with Gasteiger partial charge in [-0.05, 0) is 88.4 Å². The first-order chi connectivity index (χ1) is 33.3. The summed E-state index contributed by atoms with van der Waals surface area (Å²) >= 11 is 6.80. The van der Waals surface area contributed by atoms with Gasteiger partial charge in [0.25, 0.3) is 0 Å². The molecule has 2 N–H and O–H groups in total. The van der Waals surface area contributed by atoms with Crippen LogP contribution in [0.2, 0.25) is 0 Å². The van der Waals surface area contributed by atoms with Crippen LogP contribution in [0.4, 0.5) is 0 Å². The molecule has 4 aromatic heterocycles. The lowest BCUT2D eigenvalue weighted by Crippen LogP contribution is -2.29. The number of aromatic nitrogens is 8. The van der Waals surface area contributed by atoms with E-state index in [2.05, 4.69) is 82.1 Å². The van der Waals surface area contributed by atoms with E-state index in [1.54, 1.807) is 0 Å². The SMILES string of the molecule is Cn1cnc2cc(-c3ccc(C=O)cc3)ccc21.Cn1cnc2cc(Br)ccc21.Cn1cnc2ccc(-c3ccc(C=O)cc3)cc21.Cn1cnc2ccc(Br)cc21.O=Cc1ccc(B(O)O)cc1. The number of halogens is 2. The lowest BCUT2D eigenvalue weighted by molar-refractivity contribution is 0.111. The van der Waals surface area contributed by atoms with Gasteiger partial charge in [0.1, 0.15) is 18.9 Å². The second-order valence-electron chi connectivity index (χ2n) is 15.7. The fourth-order valence-electron chi connectivity index (χ4n) is 7.08. The number of nitrogens with zero attached hydrogens (tertiary/aromatic N) is 8. The zero-order valence-electron chi connectivity index (χ0n) is 37.9.